The van der Waals surface area contributed by atoms with E-state index < -0.39 is 17.7 Å². The number of hydrogen-bond donors (Lipinski definition) is 2. The van der Waals surface area contributed by atoms with Crippen LogP contribution in [-0.4, -0.2) is 72.6 Å². The van der Waals surface area contributed by atoms with E-state index in [9.17, 15) is 19.8 Å². The Labute approximate surface area is 206 Å². The summed E-state index contributed by atoms with van der Waals surface area (Å²) < 4.78 is 10.9. The van der Waals surface area contributed by atoms with Crippen LogP contribution in [0, 0.1) is 0 Å². The van der Waals surface area contributed by atoms with E-state index in [0.717, 1.165) is 19.4 Å². The van der Waals surface area contributed by atoms with Crippen molar-refractivity contribution in [2.45, 2.75) is 32.2 Å². The molecule has 2 N–H and O–H groups in total. The fraction of sp³-hybridized carbons (Fsp3) is 0.407. The first-order valence-electron chi connectivity index (χ1n) is 11.8. The van der Waals surface area contributed by atoms with Crippen molar-refractivity contribution in [3.05, 3.63) is 59.2 Å². The van der Waals surface area contributed by atoms with Crippen LogP contribution in [0.5, 0.6) is 17.2 Å². The average Bonchev–Trinajstić information content (AvgIpc) is 3.09. The summed E-state index contributed by atoms with van der Waals surface area (Å²) in [4.78, 5) is 29.7. The Balaban J connectivity index is 2.03. The van der Waals surface area contributed by atoms with Gasteiger partial charge in [-0.3, -0.25) is 9.59 Å². The lowest BCUT2D eigenvalue weighted by Crippen LogP contribution is -2.32. The number of Topliss-reactive ketones (excluding diaryl/α,β-unsaturated/α-hetero) is 1. The molecule has 188 valence electrons. The maximum atomic E-state index is 13.1. The lowest BCUT2D eigenvalue weighted by Gasteiger charge is -2.26. The third-order valence-corrected chi connectivity index (χ3v) is 5.96. The minimum atomic E-state index is -0.813. The van der Waals surface area contributed by atoms with Crippen LogP contribution < -0.4 is 9.47 Å². The molecule has 8 heteroatoms. The highest BCUT2D eigenvalue weighted by Crippen LogP contribution is 2.41. The Morgan fingerprint density at radius 3 is 2.43 bits per heavy atom. The Morgan fingerprint density at radius 2 is 1.80 bits per heavy atom. The molecule has 2 aromatic carbocycles. The van der Waals surface area contributed by atoms with Gasteiger partial charge in [0.1, 0.15) is 11.5 Å². The van der Waals surface area contributed by atoms with Gasteiger partial charge in [0, 0.05) is 12.1 Å². The lowest BCUT2D eigenvalue weighted by atomic mass is 9.95. The standard InChI is InChI=1S/C27H34N2O6/c1-5-6-16-35-20-11-8-18(9-12-20)25(31)23-24(19-10-13-21(30)22(17-19)34-4)29(27(33)26(23)32)15-7-14-28(2)3/h8-13,17,24,30-31H,5-7,14-16H2,1-4H3/b25-23+/t24-/m0/s1. The summed E-state index contributed by atoms with van der Waals surface area (Å²) in [6.07, 6.45) is 2.61. The summed E-state index contributed by atoms with van der Waals surface area (Å²) in [6.45, 7) is 3.74. The molecule has 1 aliphatic heterocycles. The van der Waals surface area contributed by atoms with Gasteiger partial charge in [0.15, 0.2) is 11.5 Å². The number of phenolic OH excluding ortho intramolecular Hbond substituents is 1. The second-order valence-corrected chi connectivity index (χ2v) is 8.81. The number of nitrogens with zero attached hydrogens (tertiary/aromatic N) is 2. The van der Waals surface area contributed by atoms with Gasteiger partial charge in [-0.2, -0.15) is 0 Å². The van der Waals surface area contributed by atoms with Gasteiger partial charge in [-0.1, -0.05) is 19.4 Å². The number of ketones is 1. The van der Waals surface area contributed by atoms with Crippen LogP contribution in [-0.2, 0) is 9.59 Å². The Hall–Kier alpha value is -3.52. The summed E-state index contributed by atoms with van der Waals surface area (Å²) in [5.74, 6) is -0.835. The lowest BCUT2D eigenvalue weighted by molar-refractivity contribution is -0.139. The fourth-order valence-corrected chi connectivity index (χ4v) is 4.08. The molecule has 2 aromatic rings. The minimum absolute atomic E-state index is 0.00671. The van der Waals surface area contributed by atoms with E-state index in [4.69, 9.17) is 9.47 Å². The van der Waals surface area contributed by atoms with E-state index in [1.165, 1.54) is 18.1 Å². The number of aliphatic hydroxyl groups is 1. The second kappa shape index (κ2) is 11.8. The number of aliphatic hydroxyl groups excluding tert-OH is 1. The highest BCUT2D eigenvalue weighted by atomic mass is 16.5. The average molecular weight is 483 g/mol. The maximum absolute atomic E-state index is 13.1. The van der Waals surface area contributed by atoms with Gasteiger partial charge in [0.05, 0.1) is 25.3 Å². The number of hydrogen-bond acceptors (Lipinski definition) is 7. The van der Waals surface area contributed by atoms with Crippen molar-refractivity contribution in [2.24, 2.45) is 0 Å². The largest absolute Gasteiger partial charge is 0.507 e. The van der Waals surface area contributed by atoms with E-state index in [2.05, 4.69) is 6.92 Å². The van der Waals surface area contributed by atoms with Gasteiger partial charge in [0.2, 0.25) is 0 Å². The van der Waals surface area contributed by atoms with Crippen molar-refractivity contribution in [1.29, 1.82) is 0 Å². The molecule has 1 amide bonds. The number of ether oxygens (including phenoxy) is 2. The zero-order chi connectivity index (χ0) is 25.5. The minimum Gasteiger partial charge on any atom is -0.507 e. The molecular formula is C27H34N2O6. The van der Waals surface area contributed by atoms with Crippen molar-refractivity contribution < 1.29 is 29.3 Å². The van der Waals surface area contributed by atoms with E-state index >= 15 is 0 Å². The van der Waals surface area contributed by atoms with Crippen LogP contribution >= 0.6 is 0 Å². The highest BCUT2D eigenvalue weighted by molar-refractivity contribution is 6.46. The van der Waals surface area contributed by atoms with Crippen LogP contribution in [0.2, 0.25) is 0 Å². The number of methoxy groups -OCH3 is 1. The topological polar surface area (TPSA) is 99.5 Å². The summed E-state index contributed by atoms with van der Waals surface area (Å²) in [5.41, 5.74) is 0.979. The molecule has 0 aromatic heterocycles. The highest BCUT2D eigenvalue weighted by Gasteiger charge is 2.46. The molecule has 1 heterocycles. The number of amides is 1. The van der Waals surface area contributed by atoms with E-state index in [0.29, 0.717) is 36.4 Å². The van der Waals surface area contributed by atoms with E-state index in [-0.39, 0.29) is 22.8 Å². The van der Waals surface area contributed by atoms with E-state index in [1.807, 2.05) is 19.0 Å². The molecule has 1 aliphatic rings. The predicted molar refractivity (Wildman–Crippen MR) is 134 cm³/mol. The molecule has 1 atom stereocenters. The van der Waals surface area contributed by atoms with E-state index in [1.54, 1.807) is 36.4 Å². The van der Waals surface area contributed by atoms with Crippen molar-refractivity contribution in [1.82, 2.24) is 9.80 Å². The van der Waals surface area contributed by atoms with Gasteiger partial charge in [-0.25, -0.2) is 0 Å². The van der Waals surface area contributed by atoms with Crippen molar-refractivity contribution in [3.8, 4) is 17.2 Å². The molecule has 0 spiro atoms. The first-order chi connectivity index (χ1) is 16.8. The monoisotopic (exact) mass is 482 g/mol. The first-order valence-corrected chi connectivity index (χ1v) is 11.8. The summed E-state index contributed by atoms with van der Waals surface area (Å²) >= 11 is 0. The molecule has 8 nitrogen and oxygen atoms in total. The zero-order valence-corrected chi connectivity index (χ0v) is 20.8. The van der Waals surface area contributed by atoms with Gasteiger partial charge >= 0.3 is 0 Å². The fourth-order valence-electron chi connectivity index (χ4n) is 4.08. The Bertz CT molecular complexity index is 1080. The van der Waals surface area contributed by atoms with Crippen molar-refractivity contribution >= 4 is 17.4 Å². The van der Waals surface area contributed by atoms with Crippen LogP contribution in [0.1, 0.15) is 43.4 Å². The summed E-state index contributed by atoms with van der Waals surface area (Å²) in [6, 6.07) is 10.7. The SMILES string of the molecule is CCCCOc1ccc(/C(O)=C2\C(=O)C(=O)N(CCCN(C)C)[C@H]2c2ccc(O)c(OC)c2)cc1. The molecule has 0 bridgehead atoms. The normalized spacial score (nSPS) is 17.3. The number of likely N-dealkylation sites (tertiary alicyclic amines) is 1. The molecule has 1 fully saturated rings. The first kappa shape index (κ1) is 26.1. The van der Waals surface area contributed by atoms with Crippen molar-refractivity contribution in [3.63, 3.8) is 0 Å². The number of unbranched alkanes of at least 4 members (excludes halogenated alkanes) is 1. The molecule has 0 unspecified atom stereocenters. The third-order valence-electron chi connectivity index (χ3n) is 5.96. The number of carbonyl (C=O) groups is 2. The van der Waals surface area contributed by atoms with Crippen LogP contribution in [0.25, 0.3) is 5.76 Å². The molecule has 0 aliphatic carbocycles. The Kier molecular flexibility index (Phi) is 8.76. The third kappa shape index (κ3) is 5.95. The van der Waals surface area contributed by atoms with Gasteiger partial charge in [0.25, 0.3) is 11.7 Å². The van der Waals surface area contributed by atoms with Crippen LogP contribution in [0.4, 0.5) is 0 Å². The molecule has 0 saturated carbocycles. The van der Waals surface area contributed by atoms with Crippen molar-refractivity contribution in [2.75, 3.05) is 40.9 Å². The number of phenols is 1. The van der Waals surface area contributed by atoms with Crippen LogP contribution in [0.3, 0.4) is 0 Å². The molecule has 0 radical (unpaired) electrons. The number of carbonyl (C=O) groups excluding carboxylic acids is 2. The number of benzene rings is 2. The zero-order valence-electron chi connectivity index (χ0n) is 20.8. The number of aromatic hydroxyl groups is 1. The van der Waals surface area contributed by atoms with Gasteiger partial charge < -0.3 is 29.5 Å². The molecular weight excluding hydrogens is 448 g/mol. The Morgan fingerprint density at radius 1 is 1.09 bits per heavy atom. The second-order valence-electron chi connectivity index (χ2n) is 8.81. The smallest absolute Gasteiger partial charge is 0.295 e. The maximum Gasteiger partial charge on any atom is 0.295 e. The van der Waals surface area contributed by atoms with Gasteiger partial charge in [-0.15, -0.1) is 0 Å². The van der Waals surface area contributed by atoms with Crippen LogP contribution in [0.15, 0.2) is 48.0 Å². The van der Waals surface area contributed by atoms with Gasteiger partial charge in [-0.05, 0) is 75.4 Å². The summed E-state index contributed by atoms with van der Waals surface area (Å²) in [5, 5.41) is 21.3. The quantitative estimate of drug-likeness (QED) is 0.216. The molecule has 3 rings (SSSR count). The molecule has 35 heavy (non-hydrogen) atoms. The number of rotatable bonds is 11. The molecule has 1 saturated heterocycles. The summed E-state index contributed by atoms with van der Waals surface area (Å²) in [7, 11) is 5.30. The predicted octanol–water partition coefficient (Wildman–Crippen LogP) is 3.95.